The number of anilines is 1. The van der Waals surface area contributed by atoms with E-state index in [1.807, 2.05) is 53.4 Å². The number of ether oxygens (including phenoxy) is 1. The summed E-state index contributed by atoms with van der Waals surface area (Å²) in [5.41, 5.74) is 0.921. The second kappa shape index (κ2) is 14.1. The fraction of sp³-hybridized carbons (Fsp3) is 0.400. The summed E-state index contributed by atoms with van der Waals surface area (Å²) >= 11 is 6.27. The van der Waals surface area contributed by atoms with Gasteiger partial charge in [0.25, 0.3) is 0 Å². The van der Waals surface area contributed by atoms with Crippen molar-refractivity contribution in [3.05, 3.63) is 71.4 Å². The minimum atomic E-state index is -0.625. The number of hydrogen-bond donors (Lipinski definition) is 1. The summed E-state index contributed by atoms with van der Waals surface area (Å²) in [6.07, 6.45) is 2.51. The summed E-state index contributed by atoms with van der Waals surface area (Å²) in [5, 5.41) is 5.27. The fourth-order valence-electron chi connectivity index (χ4n) is 4.79. The van der Waals surface area contributed by atoms with Crippen LogP contribution in [0.2, 0.25) is 5.02 Å². The Bertz CT molecular complexity index is 1330. The van der Waals surface area contributed by atoms with Gasteiger partial charge in [-0.15, -0.1) is 0 Å². The van der Waals surface area contributed by atoms with Gasteiger partial charge in [0.15, 0.2) is 0 Å². The van der Waals surface area contributed by atoms with Crippen LogP contribution in [0.5, 0.6) is 0 Å². The SMILES string of the molecule is CC(=O)N1CCN(CC[C@@H](COC(=O)Nc2cc3ccccc3cn2)N(C)C(=O)CCc2ccccc2Cl)CC1. The van der Waals surface area contributed by atoms with Crippen LogP contribution in [0.3, 0.4) is 0 Å². The second-order valence-corrected chi connectivity index (χ2v) is 10.4. The largest absolute Gasteiger partial charge is 0.447 e. The van der Waals surface area contributed by atoms with Crippen molar-refractivity contribution in [1.82, 2.24) is 19.7 Å². The molecule has 0 spiro atoms. The van der Waals surface area contributed by atoms with E-state index < -0.39 is 6.09 Å². The molecule has 2 aromatic carbocycles. The first kappa shape index (κ1) is 29.3. The standard InChI is InChI=1S/C30H36ClN5O4/c1-22(37)36-17-15-35(16-18-36)14-13-26(34(2)29(38)12-11-23-7-5-6-10-27(23)31)21-40-30(39)33-28-19-24-8-3-4-9-25(24)20-32-28/h3-10,19-20,26H,11-18,21H2,1-2H3,(H,32,33,39)/t26-/m0/s1. The average molecular weight is 566 g/mol. The van der Waals surface area contributed by atoms with Gasteiger partial charge in [0.2, 0.25) is 11.8 Å². The first-order valence-corrected chi connectivity index (χ1v) is 13.9. The molecule has 1 N–H and O–H groups in total. The highest BCUT2D eigenvalue weighted by Crippen LogP contribution is 2.19. The zero-order chi connectivity index (χ0) is 28.5. The number of nitrogens with zero attached hydrogens (tertiary/aromatic N) is 4. The van der Waals surface area contributed by atoms with Gasteiger partial charge < -0.3 is 14.5 Å². The van der Waals surface area contributed by atoms with Crippen LogP contribution in [-0.4, -0.2) is 90.0 Å². The Morgan fingerprint density at radius 2 is 1.75 bits per heavy atom. The molecule has 10 heteroatoms. The van der Waals surface area contributed by atoms with Crippen molar-refractivity contribution in [2.45, 2.75) is 32.2 Å². The molecule has 1 aliphatic heterocycles. The lowest BCUT2D eigenvalue weighted by atomic mass is 10.1. The average Bonchev–Trinajstić information content (AvgIpc) is 2.96. The molecule has 0 bridgehead atoms. The molecule has 0 aliphatic carbocycles. The van der Waals surface area contributed by atoms with E-state index in [1.54, 1.807) is 31.1 Å². The maximum absolute atomic E-state index is 13.2. The third kappa shape index (κ3) is 8.16. The lowest BCUT2D eigenvalue weighted by molar-refractivity contribution is -0.133. The Labute approximate surface area is 240 Å². The number of aryl methyl sites for hydroxylation is 1. The van der Waals surface area contributed by atoms with Crippen LogP contribution in [0, 0.1) is 0 Å². The van der Waals surface area contributed by atoms with Gasteiger partial charge in [0.1, 0.15) is 12.4 Å². The second-order valence-electron chi connectivity index (χ2n) is 10.0. The van der Waals surface area contributed by atoms with Crippen molar-refractivity contribution < 1.29 is 19.1 Å². The van der Waals surface area contributed by atoms with E-state index in [4.69, 9.17) is 16.3 Å². The Morgan fingerprint density at radius 3 is 2.48 bits per heavy atom. The number of amides is 3. The van der Waals surface area contributed by atoms with Crippen LogP contribution in [0.25, 0.3) is 10.8 Å². The number of fused-ring (bicyclic) bond motifs is 1. The number of benzene rings is 2. The quantitative estimate of drug-likeness (QED) is 0.390. The van der Waals surface area contributed by atoms with E-state index >= 15 is 0 Å². The summed E-state index contributed by atoms with van der Waals surface area (Å²) in [7, 11) is 1.75. The molecule has 3 aromatic rings. The number of pyridine rings is 1. The van der Waals surface area contributed by atoms with E-state index in [1.165, 1.54) is 0 Å². The third-order valence-corrected chi connectivity index (χ3v) is 7.74. The van der Waals surface area contributed by atoms with Crippen LogP contribution >= 0.6 is 11.6 Å². The molecule has 0 unspecified atom stereocenters. The molecule has 1 atom stereocenters. The molecular formula is C30H36ClN5O4. The molecule has 0 radical (unpaired) electrons. The molecule has 4 rings (SSSR count). The molecule has 40 heavy (non-hydrogen) atoms. The zero-order valence-corrected chi connectivity index (χ0v) is 23.8. The minimum absolute atomic E-state index is 0.0428. The lowest BCUT2D eigenvalue weighted by Gasteiger charge is -2.36. The van der Waals surface area contributed by atoms with Gasteiger partial charge in [-0.05, 0) is 35.9 Å². The van der Waals surface area contributed by atoms with Gasteiger partial charge in [-0.3, -0.25) is 19.8 Å². The van der Waals surface area contributed by atoms with E-state index in [9.17, 15) is 14.4 Å². The molecule has 2 heterocycles. The van der Waals surface area contributed by atoms with Crippen LogP contribution in [0.15, 0.2) is 60.8 Å². The summed E-state index contributed by atoms with van der Waals surface area (Å²) in [6.45, 7) is 5.26. The highest BCUT2D eigenvalue weighted by atomic mass is 35.5. The molecular weight excluding hydrogens is 530 g/mol. The predicted octanol–water partition coefficient (Wildman–Crippen LogP) is 4.45. The van der Waals surface area contributed by atoms with Gasteiger partial charge in [0, 0.05) is 69.7 Å². The molecule has 1 fully saturated rings. The third-order valence-electron chi connectivity index (χ3n) is 7.37. The molecule has 3 amide bonds. The van der Waals surface area contributed by atoms with Gasteiger partial charge >= 0.3 is 6.09 Å². The van der Waals surface area contributed by atoms with E-state index in [2.05, 4.69) is 15.2 Å². The Balaban J connectivity index is 1.35. The van der Waals surface area contributed by atoms with Crippen molar-refractivity contribution in [2.75, 3.05) is 51.7 Å². The molecule has 1 aliphatic rings. The van der Waals surface area contributed by atoms with Gasteiger partial charge in [-0.2, -0.15) is 0 Å². The van der Waals surface area contributed by atoms with E-state index in [-0.39, 0.29) is 24.5 Å². The number of rotatable bonds is 10. The Morgan fingerprint density at radius 1 is 1.05 bits per heavy atom. The first-order valence-electron chi connectivity index (χ1n) is 13.6. The lowest BCUT2D eigenvalue weighted by Crippen LogP contribution is -2.49. The van der Waals surface area contributed by atoms with Gasteiger partial charge in [-0.1, -0.05) is 54.1 Å². The number of nitrogens with one attached hydrogen (secondary N) is 1. The van der Waals surface area contributed by atoms with Crippen molar-refractivity contribution in [1.29, 1.82) is 0 Å². The van der Waals surface area contributed by atoms with Crippen molar-refractivity contribution in [3.63, 3.8) is 0 Å². The molecule has 0 saturated carbocycles. The number of halogens is 1. The molecule has 212 valence electrons. The summed E-state index contributed by atoms with van der Waals surface area (Å²) in [6, 6.07) is 16.7. The molecule has 1 saturated heterocycles. The monoisotopic (exact) mass is 565 g/mol. The Kier molecular flexibility index (Phi) is 10.3. The van der Waals surface area contributed by atoms with Gasteiger partial charge in [-0.25, -0.2) is 9.78 Å². The van der Waals surface area contributed by atoms with Crippen molar-refractivity contribution >= 4 is 46.1 Å². The van der Waals surface area contributed by atoms with Crippen molar-refractivity contribution in [2.24, 2.45) is 0 Å². The smallest absolute Gasteiger partial charge is 0.412 e. The fourth-order valence-corrected chi connectivity index (χ4v) is 5.02. The highest BCUT2D eigenvalue weighted by Gasteiger charge is 2.25. The van der Waals surface area contributed by atoms with Crippen LogP contribution in [-0.2, 0) is 20.7 Å². The predicted molar refractivity (Wildman–Crippen MR) is 156 cm³/mol. The summed E-state index contributed by atoms with van der Waals surface area (Å²) < 4.78 is 5.59. The van der Waals surface area contributed by atoms with Crippen LogP contribution < -0.4 is 5.32 Å². The number of carbonyl (C=O) groups excluding carboxylic acids is 3. The number of likely N-dealkylation sites (N-methyl/N-ethyl adjacent to an activating group) is 1. The molecule has 1 aromatic heterocycles. The van der Waals surface area contributed by atoms with E-state index in [0.717, 1.165) is 36.0 Å². The van der Waals surface area contributed by atoms with Crippen LogP contribution in [0.1, 0.15) is 25.3 Å². The van der Waals surface area contributed by atoms with E-state index in [0.29, 0.717) is 43.2 Å². The highest BCUT2D eigenvalue weighted by molar-refractivity contribution is 6.31. The molecule has 9 nitrogen and oxygen atoms in total. The topological polar surface area (TPSA) is 95.1 Å². The zero-order valence-electron chi connectivity index (χ0n) is 23.0. The maximum Gasteiger partial charge on any atom is 0.412 e. The maximum atomic E-state index is 13.2. The summed E-state index contributed by atoms with van der Waals surface area (Å²) in [5.74, 6) is 0.431. The van der Waals surface area contributed by atoms with Crippen molar-refractivity contribution in [3.8, 4) is 0 Å². The van der Waals surface area contributed by atoms with Gasteiger partial charge in [0.05, 0.1) is 6.04 Å². The minimum Gasteiger partial charge on any atom is -0.447 e. The summed E-state index contributed by atoms with van der Waals surface area (Å²) in [4.78, 5) is 47.6. The number of piperazine rings is 1. The number of aromatic nitrogens is 1. The number of hydrogen-bond acceptors (Lipinski definition) is 6. The first-order chi connectivity index (χ1) is 19.3. The Hall–Kier alpha value is -3.69. The van der Waals surface area contributed by atoms with Crippen LogP contribution in [0.4, 0.5) is 10.6 Å². The normalized spacial score (nSPS) is 14.5. The number of carbonyl (C=O) groups is 3.